The van der Waals surface area contributed by atoms with E-state index in [-0.39, 0.29) is 18.0 Å². The van der Waals surface area contributed by atoms with Gasteiger partial charge in [0.05, 0.1) is 5.39 Å². The summed E-state index contributed by atoms with van der Waals surface area (Å²) < 4.78 is 2.80. The number of aromatic nitrogens is 2. The Kier molecular flexibility index (Phi) is 5.41. The highest BCUT2D eigenvalue weighted by atomic mass is 32.1. The Bertz CT molecular complexity index is 1170. The first-order valence-electron chi connectivity index (χ1n) is 10.0. The van der Waals surface area contributed by atoms with E-state index in [1.54, 1.807) is 0 Å². The van der Waals surface area contributed by atoms with Crippen LogP contribution in [0.5, 0.6) is 0 Å². The molecule has 0 spiro atoms. The summed E-state index contributed by atoms with van der Waals surface area (Å²) in [5.74, 6) is -0.0529. The molecule has 1 aromatic carbocycles. The molecule has 1 fully saturated rings. The van der Waals surface area contributed by atoms with Crippen molar-refractivity contribution in [3.05, 3.63) is 67.2 Å². The SMILES string of the molecule is Cc1sc2c(c1C)c(=O)n(CCc1ccccc1)c(=O)n2CC(=O)N1CCCC1. The molecule has 0 atom stereocenters. The molecule has 3 aromatic rings. The van der Waals surface area contributed by atoms with Gasteiger partial charge in [-0.15, -0.1) is 11.3 Å². The zero-order valence-electron chi connectivity index (χ0n) is 16.8. The molecule has 0 saturated carbocycles. The molecule has 0 unspecified atom stereocenters. The van der Waals surface area contributed by atoms with Gasteiger partial charge in [-0.2, -0.15) is 0 Å². The molecule has 4 rings (SSSR count). The minimum Gasteiger partial charge on any atom is -0.341 e. The lowest BCUT2D eigenvalue weighted by Crippen LogP contribution is -2.43. The number of fused-ring (bicyclic) bond motifs is 1. The van der Waals surface area contributed by atoms with Crippen molar-refractivity contribution in [3.63, 3.8) is 0 Å². The van der Waals surface area contributed by atoms with Crippen molar-refractivity contribution in [1.29, 1.82) is 0 Å². The van der Waals surface area contributed by atoms with E-state index < -0.39 is 5.69 Å². The third-order valence-corrected chi connectivity index (χ3v) is 6.98. The Labute approximate surface area is 173 Å². The number of hydrogen-bond acceptors (Lipinski definition) is 4. The summed E-state index contributed by atoms with van der Waals surface area (Å²) in [6.07, 6.45) is 2.59. The number of hydrogen-bond donors (Lipinski definition) is 0. The van der Waals surface area contributed by atoms with Crippen LogP contribution in [-0.2, 0) is 24.3 Å². The Morgan fingerprint density at radius 2 is 1.72 bits per heavy atom. The quantitative estimate of drug-likeness (QED) is 0.648. The van der Waals surface area contributed by atoms with Crippen LogP contribution in [0.3, 0.4) is 0 Å². The van der Waals surface area contributed by atoms with E-state index in [2.05, 4.69) is 0 Å². The minimum atomic E-state index is -0.396. The van der Waals surface area contributed by atoms with Crippen molar-refractivity contribution in [3.8, 4) is 0 Å². The monoisotopic (exact) mass is 411 g/mol. The molecule has 0 radical (unpaired) electrons. The van der Waals surface area contributed by atoms with Crippen LogP contribution < -0.4 is 11.2 Å². The fraction of sp³-hybridized carbons (Fsp3) is 0.409. The van der Waals surface area contributed by atoms with E-state index in [4.69, 9.17) is 0 Å². The van der Waals surface area contributed by atoms with Crippen LogP contribution >= 0.6 is 11.3 Å². The largest absolute Gasteiger partial charge is 0.341 e. The van der Waals surface area contributed by atoms with Gasteiger partial charge in [0.25, 0.3) is 5.56 Å². The van der Waals surface area contributed by atoms with Gasteiger partial charge in [-0.1, -0.05) is 30.3 Å². The van der Waals surface area contributed by atoms with Crippen molar-refractivity contribution in [2.45, 2.75) is 46.2 Å². The molecular formula is C22H25N3O3S. The number of likely N-dealkylation sites (tertiary alicyclic amines) is 1. The zero-order valence-corrected chi connectivity index (χ0v) is 17.6. The van der Waals surface area contributed by atoms with Gasteiger partial charge in [-0.3, -0.25) is 18.7 Å². The number of benzene rings is 1. The Morgan fingerprint density at radius 1 is 1.03 bits per heavy atom. The number of thiophene rings is 1. The lowest BCUT2D eigenvalue weighted by molar-refractivity contribution is -0.130. The predicted octanol–water partition coefficient (Wildman–Crippen LogP) is 2.71. The third kappa shape index (κ3) is 3.67. The van der Waals surface area contributed by atoms with Crippen LogP contribution in [0.15, 0.2) is 39.9 Å². The zero-order chi connectivity index (χ0) is 20.5. The number of nitrogens with zero attached hydrogens (tertiary/aromatic N) is 3. The fourth-order valence-electron chi connectivity index (χ4n) is 3.93. The molecule has 6 nitrogen and oxygen atoms in total. The van der Waals surface area contributed by atoms with Crippen LogP contribution in [0, 0.1) is 13.8 Å². The second kappa shape index (κ2) is 7.99. The smallest absolute Gasteiger partial charge is 0.332 e. The van der Waals surface area contributed by atoms with Crippen LogP contribution in [0.25, 0.3) is 10.2 Å². The van der Waals surface area contributed by atoms with E-state index >= 15 is 0 Å². The maximum atomic E-state index is 13.3. The molecule has 1 saturated heterocycles. The van der Waals surface area contributed by atoms with Crippen LogP contribution in [0.2, 0.25) is 0 Å². The highest BCUT2D eigenvalue weighted by Gasteiger charge is 2.23. The normalized spacial score (nSPS) is 14.1. The van der Waals surface area contributed by atoms with Crippen LogP contribution in [0.1, 0.15) is 28.8 Å². The number of aryl methyl sites for hydroxylation is 3. The molecule has 7 heteroatoms. The van der Waals surface area contributed by atoms with Gasteiger partial charge in [-0.05, 0) is 44.2 Å². The Balaban J connectivity index is 1.78. The maximum absolute atomic E-state index is 13.3. The third-order valence-electron chi connectivity index (χ3n) is 5.75. The fourth-order valence-corrected chi connectivity index (χ4v) is 5.07. The molecule has 1 aliphatic rings. The number of carbonyl (C=O) groups is 1. The van der Waals surface area contributed by atoms with E-state index in [9.17, 15) is 14.4 Å². The van der Waals surface area contributed by atoms with E-state index in [0.29, 0.717) is 23.2 Å². The summed E-state index contributed by atoms with van der Waals surface area (Å²) in [7, 11) is 0. The molecule has 152 valence electrons. The first-order valence-corrected chi connectivity index (χ1v) is 10.8. The van der Waals surface area contributed by atoms with Crippen molar-refractivity contribution in [2.75, 3.05) is 13.1 Å². The molecule has 1 aliphatic heterocycles. The molecule has 1 amide bonds. The van der Waals surface area contributed by atoms with Gasteiger partial charge in [0.1, 0.15) is 11.4 Å². The second-order valence-electron chi connectivity index (χ2n) is 7.61. The van der Waals surface area contributed by atoms with Gasteiger partial charge in [-0.25, -0.2) is 4.79 Å². The summed E-state index contributed by atoms with van der Waals surface area (Å²) in [6, 6.07) is 9.80. The van der Waals surface area contributed by atoms with Crippen molar-refractivity contribution < 1.29 is 4.79 Å². The summed E-state index contributed by atoms with van der Waals surface area (Å²) in [4.78, 5) is 42.6. The number of rotatable bonds is 5. The molecule has 0 aliphatic carbocycles. The molecular weight excluding hydrogens is 386 g/mol. The number of carbonyl (C=O) groups excluding carboxylic acids is 1. The van der Waals surface area contributed by atoms with Crippen molar-refractivity contribution >= 4 is 27.5 Å². The summed E-state index contributed by atoms with van der Waals surface area (Å²) >= 11 is 1.42. The first kappa shape index (κ1) is 19.6. The summed E-state index contributed by atoms with van der Waals surface area (Å²) in [6.45, 7) is 5.63. The highest BCUT2D eigenvalue weighted by Crippen LogP contribution is 2.27. The molecule has 3 heterocycles. The average Bonchev–Trinajstić information content (AvgIpc) is 3.35. The van der Waals surface area contributed by atoms with E-state index in [1.807, 2.05) is 49.1 Å². The van der Waals surface area contributed by atoms with Gasteiger partial charge in [0.2, 0.25) is 5.91 Å². The van der Waals surface area contributed by atoms with Crippen LogP contribution in [-0.4, -0.2) is 33.0 Å². The second-order valence-corrected chi connectivity index (χ2v) is 8.82. The van der Waals surface area contributed by atoms with Crippen LogP contribution in [0.4, 0.5) is 0 Å². The topological polar surface area (TPSA) is 64.3 Å². The lowest BCUT2D eigenvalue weighted by atomic mass is 10.1. The lowest BCUT2D eigenvalue weighted by Gasteiger charge is -2.17. The number of amides is 1. The summed E-state index contributed by atoms with van der Waals surface area (Å²) in [5.41, 5.74) is 1.31. The van der Waals surface area contributed by atoms with Crippen molar-refractivity contribution in [2.24, 2.45) is 0 Å². The Morgan fingerprint density at radius 3 is 2.41 bits per heavy atom. The molecule has 29 heavy (non-hydrogen) atoms. The molecule has 0 bridgehead atoms. The van der Waals surface area contributed by atoms with Gasteiger partial charge >= 0.3 is 5.69 Å². The van der Waals surface area contributed by atoms with E-state index in [0.717, 1.165) is 41.9 Å². The maximum Gasteiger partial charge on any atom is 0.332 e. The first-order chi connectivity index (χ1) is 14.0. The Hall–Kier alpha value is -2.67. The average molecular weight is 412 g/mol. The predicted molar refractivity (Wildman–Crippen MR) is 116 cm³/mol. The molecule has 2 aromatic heterocycles. The van der Waals surface area contributed by atoms with Gasteiger partial charge in [0.15, 0.2) is 0 Å². The summed E-state index contributed by atoms with van der Waals surface area (Å²) in [5, 5.41) is 0.564. The minimum absolute atomic E-state index is 0.0135. The standard InChI is InChI=1S/C22H25N3O3S/c1-15-16(2)29-21-19(15)20(27)24(13-10-17-8-4-3-5-9-17)22(28)25(21)14-18(26)23-11-6-7-12-23/h3-5,8-9H,6-7,10-14H2,1-2H3. The van der Waals surface area contributed by atoms with E-state index in [1.165, 1.54) is 20.5 Å². The van der Waals surface area contributed by atoms with Crippen molar-refractivity contribution in [1.82, 2.24) is 14.0 Å². The highest BCUT2D eigenvalue weighted by molar-refractivity contribution is 7.18. The van der Waals surface area contributed by atoms with Gasteiger partial charge < -0.3 is 4.90 Å². The van der Waals surface area contributed by atoms with Gasteiger partial charge in [0, 0.05) is 24.5 Å². The molecule has 0 N–H and O–H groups in total.